The molecule has 1 aliphatic rings. The summed E-state index contributed by atoms with van der Waals surface area (Å²) in [6.07, 6.45) is 0.978. The summed E-state index contributed by atoms with van der Waals surface area (Å²) in [4.78, 5) is 2.39. The van der Waals surface area contributed by atoms with Gasteiger partial charge in [0.15, 0.2) is 11.5 Å². The molecule has 1 fully saturated rings. The summed E-state index contributed by atoms with van der Waals surface area (Å²) in [5.74, 6) is 1.85. The number of hydrogen-bond donors (Lipinski definition) is 1. The van der Waals surface area contributed by atoms with Gasteiger partial charge in [-0.05, 0) is 49.1 Å². The summed E-state index contributed by atoms with van der Waals surface area (Å²) in [6.45, 7) is 6.19. The van der Waals surface area contributed by atoms with Crippen LogP contribution in [-0.2, 0) is 0 Å². The first-order valence-electron chi connectivity index (χ1n) is 8.83. The topological polar surface area (TPSA) is 47.7 Å². The normalized spacial score (nSPS) is 20.4. The second-order valence-electron chi connectivity index (χ2n) is 6.89. The van der Waals surface area contributed by atoms with E-state index in [1.165, 1.54) is 16.7 Å². The summed E-state index contributed by atoms with van der Waals surface area (Å²) in [5.41, 5.74) is 11.6. The van der Waals surface area contributed by atoms with E-state index in [9.17, 15) is 0 Å². The van der Waals surface area contributed by atoms with E-state index in [0.29, 0.717) is 5.92 Å². The van der Waals surface area contributed by atoms with Crippen molar-refractivity contribution in [3.05, 3.63) is 53.1 Å². The molecule has 1 heterocycles. The Bertz CT molecular complexity index is 745. The molecule has 2 aromatic rings. The van der Waals surface area contributed by atoms with E-state index in [4.69, 9.17) is 15.2 Å². The van der Waals surface area contributed by atoms with E-state index in [-0.39, 0.29) is 6.04 Å². The Morgan fingerprint density at radius 1 is 0.960 bits per heavy atom. The molecule has 1 aliphatic heterocycles. The Kier molecular flexibility index (Phi) is 5.19. The minimum Gasteiger partial charge on any atom is -0.493 e. The molecule has 0 radical (unpaired) electrons. The van der Waals surface area contributed by atoms with E-state index in [1.807, 2.05) is 12.1 Å². The first-order valence-corrected chi connectivity index (χ1v) is 8.83. The zero-order valence-electron chi connectivity index (χ0n) is 15.6. The van der Waals surface area contributed by atoms with Crippen LogP contribution in [0.2, 0.25) is 0 Å². The van der Waals surface area contributed by atoms with E-state index in [2.05, 4.69) is 43.0 Å². The highest BCUT2D eigenvalue weighted by atomic mass is 16.5. The van der Waals surface area contributed by atoms with Gasteiger partial charge in [0.1, 0.15) is 0 Å². The molecule has 25 heavy (non-hydrogen) atoms. The van der Waals surface area contributed by atoms with Gasteiger partial charge in [-0.25, -0.2) is 0 Å². The Morgan fingerprint density at radius 3 is 2.40 bits per heavy atom. The number of piperidine rings is 1. The summed E-state index contributed by atoms with van der Waals surface area (Å²) in [5, 5.41) is 0. The molecule has 0 aromatic heterocycles. The summed E-state index contributed by atoms with van der Waals surface area (Å²) in [7, 11) is 3.33. The maximum absolute atomic E-state index is 6.47. The highest BCUT2D eigenvalue weighted by Crippen LogP contribution is 2.35. The predicted octanol–water partition coefficient (Wildman–Crippen LogP) is 3.64. The summed E-state index contributed by atoms with van der Waals surface area (Å²) < 4.78 is 10.8. The van der Waals surface area contributed by atoms with Crippen LogP contribution in [0.25, 0.3) is 0 Å². The van der Waals surface area contributed by atoms with E-state index in [1.54, 1.807) is 14.2 Å². The van der Waals surface area contributed by atoms with Crippen LogP contribution >= 0.6 is 0 Å². The van der Waals surface area contributed by atoms with Crippen LogP contribution in [-0.4, -0.2) is 33.4 Å². The van der Waals surface area contributed by atoms with Crippen LogP contribution in [0.1, 0.15) is 29.0 Å². The molecule has 0 aliphatic carbocycles. The van der Waals surface area contributed by atoms with E-state index < -0.39 is 0 Å². The smallest absolute Gasteiger partial charge is 0.162 e. The van der Waals surface area contributed by atoms with Gasteiger partial charge in [0, 0.05) is 36.8 Å². The van der Waals surface area contributed by atoms with Crippen molar-refractivity contribution >= 4 is 5.69 Å². The van der Waals surface area contributed by atoms with Gasteiger partial charge < -0.3 is 20.1 Å². The molecule has 0 amide bonds. The van der Waals surface area contributed by atoms with Gasteiger partial charge in [-0.1, -0.05) is 18.2 Å². The predicted molar refractivity (Wildman–Crippen MR) is 103 cm³/mol. The number of hydrogen-bond acceptors (Lipinski definition) is 4. The number of aryl methyl sites for hydroxylation is 2. The van der Waals surface area contributed by atoms with E-state index in [0.717, 1.165) is 36.7 Å². The number of nitrogens with two attached hydrogens (primary N) is 1. The van der Waals surface area contributed by atoms with Crippen molar-refractivity contribution in [3.63, 3.8) is 0 Å². The maximum atomic E-state index is 6.47. The Labute approximate surface area is 150 Å². The molecule has 0 unspecified atom stereocenters. The fourth-order valence-corrected chi connectivity index (χ4v) is 3.57. The van der Waals surface area contributed by atoms with Crippen LogP contribution in [0.5, 0.6) is 11.5 Å². The molecule has 2 aromatic carbocycles. The average Bonchev–Trinajstić information content (AvgIpc) is 2.64. The fourth-order valence-electron chi connectivity index (χ4n) is 3.57. The second-order valence-corrected chi connectivity index (χ2v) is 6.89. The highest BCUT2D eigenvalue weighted by Gasteiger charge is 2.28. The molecule has 3 rings (SSSR count). The number of anilines is 1. The quantitative estimate of drug-likeness (QED) is 0.923. The molecular formula is C21H28N2O2. The van der Waals surface area contributed by atoms with Crippen LogP contribution in [0, 0.1) is 13.8 Å². The monoisotopic (exact) mass is 340 g/mol. The van der Waals surface area contributed by atoms with Crippen LogP contribution < -0.4 is 20.1 Å². The molecule has 4 nitrogen and oxygen atoms in total. The largest absolute Gasteiger partial charge is 0.493 e. The third kappa shape index (κ3) is 3.59. The summed E-state index contributed by atoms with van der Waals surface area (Å²) in [6, 6.07) is 13.0. The lowest BCUT2D eigenvalue weighted by Gasteiger charge is -2.39. The lowest BCUT2D eigenvalue weighted by atomic mass is 9.85. The third-order valence-electron chi connectivity index (χ3n) is 5.36. The molecule has 4 heteroatoms. The highest BCUT2D eigenvalue weighted by molar-refractivity contribution is 5.57. The molecule has 1 saturated heterocycles. The third-order valence-corrected chi connectivity index (χ3v) is 5.36. The van der Waals surface area contributed by atoms with Crippen molar-refractivity contribution in [1.82, 2.24) is 0 Å². The lowest BCUT2D eigenvalue weighted by Crippen LogP contribution is -2.45. The first-order chi connectivity index (χ1) is 12.0. The fraction of sp³-hybridized carbons (Fsp3) is 0.429. The lowest BCUT2D eigenvalue weighted by molar-refractivity contribution is 0.354. The molecule has 0 bridgehead atoms. The van der Waals surface area contributed by atoms with Crippen molar-refractivity contribution in [1.29, 1.82) is 0 Å². The van der Waals surface area contributed by atoms with Crippen molar-refractivity contribution in [2.75, 3.05) is 32.2 Å². The standard InChI is InChI=1S/C21H28N2O2/c1-14-5-6-16(11-15(14)2)18-13-23(10-9-19(18)22)17-7-8-20(24-3)21(12-17)25-4/h5-8,11-12,18-19H,9-10,13,22H2,1-4H3/t18-,19-/m1/s1. The van der Waals surface area contributed by atoms with E-state index >= 15 is 0 Å². The van der Waals surface area contributed by atoms with Crippen molar-refractivity contribution in [3.8, 4) is 11.5 Å². The Hall–Kier alpha value is -2.20. The van der Waals surface area contributed by atoms with Gasteiger partial charge in [0.25, 0.3) is 0 Å². The number of rotatable bonds is 4. The van der Waals surface area contributed by atoms with Gasteiger partial charge in [-0.3, -0.25) is 0 Å². The number of benzene rings is 2. The molecule has 2 atom stereocenters. The number of nitrogens with zero attached hydrogens (tertiary/aromatic N) is 1. The summed E-state index contributed by atoms with van der Waals surface area (Å²) >= 11 is 0. The second kappa shape index (κ2) is 7.36. The zero-order chi connectivity index (χ0) is 18.0. The molecule has 134 valence electrons. The Balaban J connectivity index is 1.86. The molecule has 0 saturated carbocycles. The van der Waals surface area contributed by atoms with Gasteiger partial charge in [0.2, 0.25) is 0 Å². The molecule has 2 N–H and O–H groups in total. The van der Waals surface area contributed by atoms with Gasteiger partial charge in [-0.15, -0.1) is 0 Å². The van der Waals surface area contributed by atoms with Crippen LogP contribution in [0.3, 0.4) is 0 Å². The first kappa shape index (κ1) is 17.6. The molecule has 0 spiro atoms. The minimum absolute atomic E-state index is 0.193. The maximum Gasteiger partial charge on any atom is 0.162 e. The molecular weight excluding hydrogens is 312 g/mol. The van der Waals surface area contributed by atoms with Crippen LogP contribution in [0.4, 0.5) is 5.69 Å². The van der Waals surface area contributed by atoms with Crippen LogP contribution in [0.15, 0.2) is 36.4 Å². The van der Waals surface area contributed by atoms with Crippen molar-refractivity contribution in [2.45, 2.75) is 32.2 Å². The van der Waals surface area contributed by atoms with Gasteiger partial charge in [0.05, 0.1) is 14.2 Å². The van der Waals surface area contributed by atoms with Crippen molar-refractivity contribution in [2.24, 2.45) is 5.73 Å². The Morgan fingerprint density at radius 2 is 1.72 bits per heavy atom. The SMILES string of the molecule is COc1ccc(N2CC[C@@H](N)[C@@H](c3ccc(C)c(C)c3)C2)cc1OC. The number of methoxy groups -OCH3 is 2. The van der Waals surface area contributed by atoms with Crippen molar-refractivity contribution < 1.29 is 9.47 Å². The zero-order valence-corrected chi connectivity index (χ0v) is 15.6. The average molecular weight is 340 g/mol. The van der Waals surface area contributed by atoms with Gasteiger partial charge in [-0.2, -0.15) is 0 Å². The van der Waals surface area contributed by atoms with Gasteiger partial charge >= 0.3 is 0 Å². The minimum atomic E-state index is 0.193. The number of ether oxygens (including phenoxy) is 2.